The molecule has 8 unspecified atom stereocenters. The molecule has 29 heteroatoms. The van der Waals surface area contributed by atoms with Gasteiger partial charge in [0.15, 0.2) is 22.8 Å². The van der Waals surface area contributed by atoms with E-state index in [1.807, 2.05) is 31.2 Å². The highest BCUT2D eigenvalue weighted by atomic mass is 32.2. The van der Waals surface area contributed by atoms with Crippen LogP contribution in [-0.2, 0) is 50.7 Å². The zero-order valence-corrected chi connectivity index (χ0v) is 38.9. The minimum Gasteiger partial charge on any atom is -0.393 e. The van der Waals surface area contributed by atoms with Crippen LogP contribution in [0.25, 0.3) is 11.2 Å². The van der Waals surface area contributed by atoms with Crippen LogP contribution in [0.4, 0.5) is 5.82 Å². The quantitative estimate of drug-likeness (QED) is 0.0316. The Kier molecular flexibility index (Phi) is 22.3. The van der Waals surface area contributed by atoms with Crippen LogP contribution in [-0.4, -0.2) is 134 Å². The Balaban J connectivity index is 1.36. The fourth-order valence-corrected chi connectivity index (χ4v) is 9.39. The highest BCUT2D eigenvalue weighted by Crippen LogP contribution is 2.61. The van der Waals surface area contributed by atoms with Crippen LogP contribution < -0.4 is 16.4 Å². The molecule has 0 aliphatic carbocycles. The van der Waals surface area contributed by atoms with E-state index in [1.165, 1.54) is 13.8 Å². The van der Waals surface area contributed by atoms with Crippen molar-refractivity contribution in [3.63, 3.8) is 0 Å². The number of hydrogen-bond donors (Lipinski definition) is 10. The lowest BCUT2D eigenvalue weighted by molar-refractivity contribution is -0.137. The topological polar surface area (TPSA) is 384 Å². The molecule has 8 atom stereocenters. The van der Waals surface area contributed by atoms with E-state index in [1.54, 1.807) is 0 Å². The molecule has 0 aromatic carbocycles. The van der Waals surface area contributed by atoms with Crippen molar-refractivity contribution in [1.29, 1.82) is 0 Å². The van der Waals surface area contributed by atoms with Gasteiger partial charge in [-0.15, -0.1) is 0 Å². The first kappa shape index (κ1) is 55.3. The van der Waals surface area contributed by atoms with Gasteiger partial charge in [0.2, 0.25) is 11.8 Å². The Morgan fingerprint density at radius 2 is 1.69 bits per heavy atom. The summed E-state index contributed by atoms with van der Waals surface area (Å²) in [5.41, 5.74) is 4.25. The van der Waals surface area contributed by atoms with Crippen LogP contribution in [0.5, 0.6) is 0 Å². The van der Waals surface area contributed by atoms with Gasteiger partial charge in [-0.25, -0.2) is 28.6 Å². The number of thioether (sulfide) groups is 1. The highest BCUT2D eigenvalue weighted by Gasteiger charge is 2.50. The number of fused-ring (bicyclic) bond motifs is 1. The first-order chi connectivity index (χ1) is 29.9. The summed E-state index contributed by atoms with van der Waals surface area (Å²) >= 11 is 1.09. The lowest BCUT2D eigenvalue weighted by atomic mass is 9.87. The number of allylic oxidation sites excluding steroid dienone is 3. The van der Waals surface area contributed by atoms with Crippen molar-refractivity contribution in [2.75, 3.05) is 37.8 Å². The zero-order valence-electron chi connectivity index (χ0n) is 35.4. The minimum absolute atomic E-state index is 0.0163. The number of rotatable bonds is 29. The number of phosphoric ester groups is 3. The summed E-state index contributed by atoms with van der Waals surface area (Å²) in [7, 11) is -16.4. The van der Waals surface area contributed by atoms with Gasteiger partial charge in [0.1, 0.15) is 36.3 Å². The number of imidazole rings is 1. The first-order valence-electron chi connectivity index (χ1n) is 20.0. The fourth-order valence-electron chi connectivity index (χ4n) is 5.84. The number of aliphatic hydroxyl groups is 3. The number of hydrogen-bond acceptors (Lipinski definition) is 19. The van der Waals surface area contributed by atoms with Gasteiger partial charge in [0.05, 0.1) is 25.6 Å². The molecular weight excluding hydrogens is 931 g/mol. The Hall–Kier alpha value is -3.00. The van der Waals surface area contributed by atoms with Gasteiger partial charge in [-0.05, 0) is 25.7 Å². The normalized spacial score (nSPS) is 21.2. The second-order valence-corrected chi connectivity index (χ2v) is 20.4. The lowest BCUT2D eigenvalue weighted by Gasteiger charge is -2.30. The summed E-state index contributed by atoms with van der Waals surface area (Å²) in [6, 6.07) is 0. The average Bonchev–Trinajstić information content (AvgIpc) is 3.77. The van der Waals surface area contributed by atoms with E-state index in [-0.39, 0.29) is 41.6 Å². The maximum atomic E-state index is 12.7. The number of aliphatic hydroxyl groups excluding tert-OH is 3. The smallest absolute Gasteiger partial charge is 0.393 e. The SMILES string of the molecule is CC/C=C/C=C/CC(O)CCCCCC(=O)SCCNC(=O)CCNC(=O)C(O)C(C)(C)COP(=O)(O)OP(=O)(O)OCC1OC(n2cnc3c(N)ncnc32)C(O)C1OP(=O)(O)O. The Morgan fingerprint density at radius 1 is 0.984 bits per heavy atom. The molecule has 1 fully saturated rings. The molecule has 0 saturated carbocycles. The van der Waals surface area contributed by atoms with Gasteiger partial charge >= 0.3 is 23.5 Å². The highest BCUT2D eigenvalue weighted by molar-refractivity contribution is 8.13. The molecule has 3 rings (SSSR count). The van der Waals surface area contributed by atoms with E-state index in [2.05, 4.69) is 34.4 Å². The van der Waals surface area contributed by atoms with Crippen molar-refractivity contribution in [1.82, 2.24) is 30.2 Å². The third-order valence-corrected chi connectivity index (χ3v) is 13.2. The first-order valence-corrected chi connectivity index (χ1v) is 25.5. The molecule has 0 spiro atoms. The minimum atomic E-state index is -5.58. The van der Waals surface area contributed by atoms with Gasteiger partial charge in [0.25, 0.3) is 0 Å². The molecular formula is C35H58N7O18P3S. The summed E-state index contributed by atoms with van der Waals surface area (Å²) in [4.78, 5) is 88.1. The molecule has 11 N–H and O–H groups in total. The van der Waals surface area contributed by atoms with Crippen LogP contribution in [0.1, 0.15) is 78.4 Å². The molecule has 2 aromatic rings. The molecule has 2 aromatic heterocycles. The van der Waals surface area contributed by atoms with E-state index in [0.29, 0.717) is 31.4 Å². The lowest BCUT2D eigenvalue weighted by Crippen LogP contribution is -2.46. The molecule has 1 aliphatic rings. The van der Waals surface area contributed by atoms with Crippen molar-refractivity contribution in [2.45, 2.75) is 109 Å². The number of nitrogens with one attached hydrogen (secondary N) is 2. The Labute approximate surface area is 373 Å². The predicted octanol–water partition coefficient (Wildman–Crippen LogP) is 1.89. The zero-order chi connectivity index (χ0) is 47.7. The van der Waals surface area contributed by atoms with Crippen molar-refractivity contribution in [3.05, 3.63) is 37.0 Å². The molecule has 0 radical (unpaired) electrons. The molecule has 1 saturated heterocycles. The average molecular weight is 990 g/mol. The third-order valence-electron chi connectivity index (χ3n) is 9.21. The second-order valence-electron chi connectivity index (χ2n) is 15.0. The van der Waals surface area contributed by atoms with E-state index in [9.17, 15) is 63.0 Å². The molecule has 3 heterocycles. The molecule has 0 bridgehead atoms. The van der Waals surface area contributed by atoms with E-state index in [4.69, 9.17) is 19.5 Å². The fraction of sp³-hybridized carbons (Fsp3) is 0.657. The molecule has 25 nitrogen and oxygen atoms in total. The van der Waals surface area contributed by atoms with Crippen molar-refractivity contribution in [2.24, 2.45) is 5.41 Å². The van der Waals surface area contributed by atoms with Crippen LogP contribution in [0.15, 0.2) is 37.0 Å². The largest absolute Gasteiger partial charge is 0.481 e. The maximum absolute atomic E-state index is 12.7. The number of aromatic nitrogens is 4. The number of nitrogens with zero attached hydrogens (tertiary/aromatic N) is 4. The summed E-state index contributed by atoms with van der Waals surface area (Å²) in [5, 5.41) is 36.5. The number of nitrogen functional groups attached to an aromatic ring is 1. The molecule has 2 amide bonds. The van der Waals surface area contributed by atoms with Crippen LogP contribution >= 0.6 is 35.2 Å². The second kappa shape index (κ2) is 25.8. The van der Waals surface area contributed by atoms with Crippen LogP contribution in [0, 0.1) is 5.41 Å². The van der Waals surface area contributed by atoms with Gasteiger partial charge in [-0.3, -0.25) is 32.5 Å². The molecule has 64 heavy (non-hydrogen) atoms. The van der Waals surface area contributed by atoms with E-state index in [0.717, 1.165) is 48.2 Å². The summed E-state index contributed by atoms with van der Waals surface area (Å²) in [6.45, 7) is 2.50. The van der Waals surface area contributed by atoms with Crippen LogP contribution in [0.2, 0.25) is 0 Å². The number of ether oxygens (including phenoxy) is 1. The number of phosphoric acid groups is 3. The van der Waals surface area contributed by atoms with Gasteiger partial charge in [-0.1, -0.05) is 69.7 Å². The van der Waals surface area contributed by atoms with Crippen molar-refractivity contribution in [3.8, 4) is 0 Å². The number of anilines is 1. The predicted molar refractivity (Wildman–Crippen MR) is 229 cm³/mol. The summed E-state index contributed by atoms with van der Waals surface area (Å²) in [6.07, 6.45) is 5.29. The van der Waals surface area contributed by atoms with Gasteiger partial charge in [0, 0.05) is 37.1 Å². The van der Waals surface area contributed by atoms with E-state index >= 15 is 0 Å². The summed E-state index contributed by atoms with van der Waals surface area (Å²) < 4.78 is 62.3. The van der Waals surface area contributed by atoms with Crippen molar-refractivity contribution >= 4 is 69.1 Å². The Morgan fingerprint density at radius 3 is 2.39 bits per heavy atom. The van der Waals surface area contributed by atoms with Gasteiger partial charge < -0.3 is 56.0 Å². The summed E-state index contributed by atoms with van der Waals surface area (Å²) in [5.74, 6) is -1.13. The number of nitrogens with two attached hydrogens (primary N) is 1. The maximum Gasteiger partial charge on any atom is 0.481 e. The number of carbonyl (C=O) groups excluding carboxylic acids is 3. The molecule has 1 aliphatic heterocycles. The number of carbonyl (C=O) groups is 3. The van der Waals surface area contributed by atoms with E-state index < -0.39 is 90.7 Å². The standard InChI is InChI=1S/C35H58N7O18P3S/c1-4-5-6-7-9-12-23(43)13-10-8-11-14-26(45)64-18-17-37-25(44)15-16-38-33(48)30(47)35(2,3)20-57-63(54,55)60-62(52,53)56-19-24-29(59-61(49,50)51)28(46)34(58-24)42-22-41-27-31(36)39-21-40-32(27)42/h5-7,9,21-24,28-30,34,43,46-47H,4,8,10-20H2,1-3H3,(H,37,44)(H,38,48)(H,52,53)(H,54,55)(H2,36,39,40)(H2,49,50,51)/b6-5+,9-7+. The number of unbranched alkanes of at least 4 members (excludes halogenated alkanes) is 2. The van der Waals surface area contributed by atoms with Crippen LogP contribution in [0.3, 0.4) is 0 Å². The van der Waals surface area contributed by atoms with Gasteiger partial charge in [-0.2, -0.15) is 4.31 Å². The Bertz CT molecular complexity index is 2060. The molecule has 362 valence electrons. The third kappa shape index (κ3) is 19.1. The monoisotopic (exact) mass is 989 g/mol. The number of amides is 2. The van der Waals surface area contributed by atoms with Crippen molar-refractivity contribution < 1.29 is 85.6 Å².